The third-order valence-electron chi connectivity index (χ3n) is 5.17. The first-order chi connectivity index (χ1) is 15.1. The number of carbonyl (C=O) groups is 1. The molecule has 32 heavy (non-hydrogen) atoms. The van der Waals surface area contributed by atoms with Gasteiger partial charge >= 0.3 is 0 Å². The molecule has 1 amide bonds. The fourth-order valence-electron chi connectivity index (χ4n) is 4.35. The van der Waals surface area contributed by atoms with E-state index in [1.54, 1.807) is 11.0 Å². The second-order valence-electron chi connectivity index (χ2n) is 9.91. The second kappa shape index (κ2) is 9.84. The summed E-state index contributed by atoms with van der Waals surface area (Å²) in [5.41, 5.74) is 2.83. The maximum absolute atomic E-state index is 13.4. The van der Waals surface area contributed by atoms with Gasteiger partial charge in [0, 0.05) is 17.5 Å². The van der Waals surface area contributed by atoms with E-state index in [1.807, 2.05) is 66.7 Å². The van der Waals surface area contributed by atoms with Gasteiger partial charge in [0.2, 0.25) is 0 Å². The van der Waals surface area contributed by atoms with Crippen LogP contribution in [0.4, 0.5) is 11.4 Å². The number of amides is 1. The number of nitrogens with zero attached hydrogens (tertiary/aromatic N) is 1. The minimum atomic E-state index is -0.469. The number of hydrogen-bond donors (Lipinski definition) is 0. The predicted molar refractivity (Wildman–Crippen MR) is 142 cm³/mol. The van der Waals surface area contributed by atoms with Crippen LogP contribution in [0.15, 0.2) is 91.0 Å². The normalized spacial score (nSPS) is 12.3. The Labute approximate surface area is 194 Å². The molecule has 0 N–H and O–H groups in total. The summed E-state index contributed by atoms with van der Waals surface area (Å²) in [4.78, 5) is 15.2. The lowest BCUT2D eigenvalue weighted by molar-refractivity contribution is -0.113. The monoisotopic (exact) mass is 443 g/mol. The molecule has 3 aromatic rings. The largest absolute Gasteiger partial charge is 0.278 e. The van der Waals surface area contributed by atoms with Gasteiger partial charge in [-0.1, -0.05) is 110 Å². The van der Waals surface area contributed by atoms with E-state index < -0.39 is 7.92 Å². The fourth-order valence-corrected chi connectivity index (χ4v) is 8.45. The number of anilines is 2. The Kier molecular flexibility index (Phi) is 7.36. The van der Waals surface area contributed by atoms with Gasteiger partial charge in [0.15, 0.2) is 0 Å². The van der Waals surface area contributed by atoms with Crippen LogP contribution >= 0.6 is 7.92 Å². The molecule has 166 valence electrons. The molecule has 0 saturated heterocycles. The minimum absolute atomic E-state index is 0.0620. The summed E-state index contributed by atoms with van der Waals surface area (Å²) >= 11 is 0. The summed E-state index contributed by atoms with van der Waals surface area (Å²) in [6, 6.07) is 28.1. The maximum Gasteiger partial charge on any atom is 0.255 e. The van der Waals surface area contributed by atoms with Gasteiger partial charge in [-0.3, -0.25) is 9.69 Å². The van der Waals surface area contributed by atoms with E-state index in [0.717, 1.165) is 16.9 Å². The fraction of sp³-hybridized carbons (Fsp3) is 0.276. The first-order valence-electron chi connectivity index (χ1n) is 11.1. The molecule has 0 unspecified atom stereocenters. The molecule has 0 saturated carbocycles. The van der Waals surface area contributed by atoms with Crippen LogP contribution in [0.3, 0.4) is 0 Å². The van der Waals surface area contributed by atoms with Crippen molar-refractivity contribution in [3.8, 4) is 0 Å². The van der Waals surface area contributed by atoms with Crippen LogP contribution in [-0.4, -0.2) is 16.2 Å². The van der Waals surface area contributed by atoms with Crippen molar-refractivity contribution < 1.29 is 4.79 Å². The van der Waals surface area contributed by atoms with E-state index in [9.17, 15) is 4.79 Å². The van der Waals surface area contributed by atoms with E-state index >= 15 is 0 Å². The second-order valence-corrected chi connectivity index (χ2v) is 13.7. The van der Waals surface area contributed by atoms with E-state index in [0.29, 0.717) is 0 Å². The van der Waals surface area contributed by atoms with Crippen molar-refractivity contribution in [3.05, 3.63) is 96.6 Å². The summed E-state index contributed by atoms with van der Waals surface area (Å²) in [6.07, 6.45) is 3.70. The molecule has 3 rings (SSSR count). The summed E-state index contributed by atoms with van der Waals surface area (Å²) in [5.74, 6) is -0.0620. The van der Waals surface area contributed by atoms with Crippen LogP contribution in [0.25, 0.3) is 6.08 Å². The maximum atomic E-state index is 13.4. The number of rotatable bonds is 5. The van der Waals surface area contributed by atoms with Gasteiger partial charge in [0.05, 0.1) is 0 Å². The lowest BCUT2D eigenvalue weighted by Gasteiger charge is -2.42. The van der Waals surface area contributed by atoms with Crippen LogP contribution in [0.5, 0.6) is 0 Å². The summed E-state index contributed by atoms with van der Waals surface area (Å²) in [7, 11) is -0.469. The van der Waals surface area contributed by atoms with Crippen LogP contribution in [0, 0.1) is 0 Å². The third-order valence-corrected chi connectivity index (χ3v) is 8.75. The minimum Gasteiger partial charge on any atom is -0.278 e. The lowest BCUT2D eigenvalue weighted by atomic mass is 10.2. The van der Waals surface area contributed by atoms with Gasteiger partial charge < -0.3 is 0 Å². The molecule has 0 heterocycles. The van der Waals surface area contributed by atoms with E-state index in [1.165, 1.54) is 5.30 Å². The molecule has 0 atom stereocenters. The predicted octanol–water partition coefficient (Wildman–Crippen LogP) is 7.77. The molecule has 2 nitrogen and oxygen atoms in total. The molecule has 0 fully saturated rings. The average Bonchev–Trinajstić information content (AvgIpc) is 2.73. The zero-order valence-electron chi connectivity index (χ0n) is 20.0. The molecule has 0 radical (unpaired) electrons. The SMILES string of the molecule is CC(C)(C)P(c1ccccc1/C=C/C(=O)N(c1ccccc1)c1ccccc1)C(C)(C)C. The van der Waals surface area contributed by atoms with Gasteiger partial charge in [-0.2, -0.15) is 0 Å². The van der Waals surface area contributed by atoms with Crippen molar-refractivity contribution in [2.24, 2.45) is 0 Å². The van der Waals surface area contributed by atoms with E-state index in [-0.39, 0.29) is 16.2 Å². The van der Waals surface area contributed by atoms with Crippen molar-refractivity contribution in [1.29, 1.82) is 0 Å². The molecule has 0 bridgehead atoms. The van der Waals surface area contributed by atoms with Gasteiger partial charge in [0.1, 0.15) is 0 Å². The van der Waals surface area contributed by atoms with Gasteiger partial charge in [-0.05, 0) is 51.5 Å². The van der Waals surface area contributed by atoms with Gasteiger partial charge in [0.25, 0.3) is 5.91 Å². The highest BCUT2D eigenvalue weighted by Gasteiger charge is 2.36. The molecular weight excluding hydrogens is 409 g/mol. The average molecular weight is 444 g/mol. The number of hydrogen-bond acceptors (Lipinski definition) is 1. The zero-order chi connectivity index (χ0) is 23.4. The first-order valence-corrected chi connectivity index (χ1v) is 12.4. The first kappa shape index (κ1) is 24.0. The molecule has 0 aliphatic rings. The van der Waals surface area contributed by atoms with Crippen LogP contribution in [-0.2, 0) is 4.79 Å². The quantitative estimate of drug-likeness (QED) is 0.291. The Morgan fingerprint density at radius 3 is 1.59 bits per heavy atom. The number of benzene rings is 3. The van der Waals surface area contributed by atoms with Crippen molar-refractivity contribution in [3.63, 3.8) is 0 Å². The standard InChI is InChI=1S/C29H34NOP/c1-28(2,3)32(29(4,5)6)26-20-14-13-15-23(26)21-22-27(31)30(24-16-9-7-10-17-24)25-18-11-8-12-19-25/h7-22H,1-6H3/b22-21+. The summed E-state index contributed by atoms with van der Waals surface area (Å²) < 4.78 is 0. The van der Waals surface area contributed by atoms with Crippen LogP contribution in [0.1, 0.15) is 47.1 Å². The third kappa shape index (κ3) is 5.75. The lowest BCUT2D eigenvalue weighted by Crippen LogP contribution is -2.32. The Morgan fingerprint density at radius 2 is 1.12 bits per heavy atom. The number of para-hydroxylation sites is 2. The Bertz CT molecular complexity index is 1010. The highest BCUT2D eigenvalue weighted by Crippen LogP contribution is 2.58. The van der Waals surface area contributed by atoms with Crippen molar-refractivity contribution in [2.45, 2.75) is 51.9 Å². The van der Waals surface area contributed by atoms with Crippen LogP contribution < -0.4 is 10.2 Å². The molecule has 0 aliphatic heterocycles. The molecule has 3 aromatic carbocycles. The molecular formula is C29H34NOP. The topological polar surface area (TPSA) is 20.3 Å². The van der Waals surface area contributed by atoms with Gasteiger partial charge in [-0.15, -0.1) is 0 Å². The van der Waals surface area contributed by atoms with Crippen molar-refractivity contribution in [1.82, 2.24) is 0 Å². The number of carbonyl (C=O) groups excluding carboxylic acids is 1. The summed E-state index contributed by atoms with van der Waals surface area (Å²) in [6.45, 7) is 13.9. The Balaban J connectivity index is 2.01. The van der Waals surface area contributed by atoms with Crippen LogP contribution in [0.2, 0.25) is 0 Å². The summed E-state index contributed by atoms with van der Waals surface area (Å²) in [5, 5.41) is 1.65. The van der Waals surface area contributed by atoms with E-state index in [4.69, 9.17) is 0 Å². The molecule has 0 spiro atoms. The molecule has 0 aliphatic carbocycles. The van der Waals surface area contributed by atoms with Gasteiger partial charge in [-0.25, -0.2) is 0 Å². The van der Waals surface area contributed by atoms with Crippen molar-refractivity contribution in [2.75, 3.05) is 4.90 Å². The Morgan fingerprint density at radius 1 is 0.688 bits per heavy atom. The highest BCUT2D eigenvalue weighted by atomic mass is 31.1. The molecule has 3 heteroatoms. The highest BCUT2D eigenvalue weighted by molar-refractivity contribution is 7.68. The zero-order valence-corrected chi connectivity index (χ0v) is 20.9. The molecule has 0 aromatic heterocycles. The van der Waals surface area contributed by atoms with E-state index in [2.05, 4.69) is 65.8 Å². The van der Waals surface area contributed by atoms with Crippen molar-refractivity contribution >= 4 is 36.6 Å². The smallest absolute Gasteiger partial charge is 0.255 e. The Hall–Kier alpha value is -2.70.